The summed E-state index contributed by atoms with van der Waals surface area (Å²) in [5.74, 6) is 3.73. The Balaban J connectivity index is 5.73. The molecular formula is C20H38O2Si. The zero-order chi connectivity index (χ0) is 18.2. The first-order valence-electron chi connectivity index (χ1n) is 9.00. The van der Waals surface area contributed by atoms with Crippen molar-refractivity contribution in [3.63, 3.8) is 0 Å². The molecule has 0 aliphatic heterocycles. The summed E-state index contributed by atoms with van der Waals surface area (Å²) in [4.78, 5) is 0. The molecule has 0 aromatic heterocycles. The lowest BCUT2D eigenvalue weighted by molar-refractivity contribution is 0.112. The third kappa shape index (κ3) is 5.78. The van der Waals surface area contributed by atoms with Crippen molar-refractivity contribution in [2.45, 2.75) is 84.5 Å². The second-order valence-corrected chi connectivity index (χ2v) is 13.1. The number of ether oxygens (including phenoxy) is 1. The van der Waals surface area contributed by atoms with Crippen LogP contribution in [0.25, 0.3) is 0 Å². The number of aliphatic hydroxyl groups excluding tert-OH is 1. The monoisotopic (exact) mass is 338 g/mol. The van der Waals surface area contributed by atoms with Gasteiger partial charge in [-0.3, -0.25) is 0 Å². The van der Waals surface area contributed by atoms with E-state index in [0.29, 0.717) is 16.6 Å². The maximum absolute atomic E-state index is 9.27. The van der Waals surface area contributed by atoms with Gasteiger partial charge in [-0.1, -0.05) is 66.0 Å². The van der Waals surface area contributed by atoms with Crippen molar-refractivity contribution in [2.24, 2.45) is 5.92 Å². The minimum Gasteiger partial charge on any atom is -0.392 e. The van der Waals surface area contributed by atoms with Gasteiger partial charge in [-0.25, -0.2) is 0 Å². The Bertz CT molecular complexity index is 405. The smallest absolute Gasteiger partial charge is 0.146 e. The molecule has 3 heteroatoms. The molecule has 0 spiro atoms. The first-order chi connectivity index (χ1) is 10.7. The highest BCUT2D eigenvalue weighted by atomic mass is 28.3. The molecule has 0 unspecified atom stereocenters. The number of aliphatic hydroxyl groups is 1. The van der Waals surface area contributed by atoms with Gasteiger partial charge in [0.1, 0.15) is 14.2 Å². The fourth-order valence-corrected chi connectivity index (χ4v) is 9.07. The van der Waals surface area contributed by atoms with Crippen LogP contribution in [-0.4, -0.2) is 33.0 Å². The van der Waals surface area contributed by atoms with Gasteiger partial charge in [-0.15, -0.1) is 5.54 Å². The van der Waals surface area contributed by atoms with Crippen LogP contribution in [-0.2, 0) is 4.74 Å². The van der Waals surface area contributed by atoms with Crippen molar-refractivity contribution in [1.82, 2.24) is 0 Å². The van der Waals surface area contributed by atoms with Crippen molar-refractivity contribution in [1.29, 1.82) is 0 Å². The molecule has 2 atom stereocenters. The summed E-state index contributed by atoms with van der Waals surface area (Å²) in [6.07, 6.45) is 2.99. The minimum atomic E-state index is -1.72. The van der Waals surface area contributed by atoms with E-state index in [0.717, 1.165) is 12.0 Å². The number of rotatable bonds is 8. The van der Waals surface area contributed by atoms with E-state index < -0.39 is 8.07 Å². The normalized spacial score (nSPS) is 15.8. The lowest BCUT2D eigenvalue weighted by Crippen LogP contribution is -2.43. The largest absolute Gasteiger partial charge is 0.392 e. The Kier molecular flexibility index (Phi) is 10.1. The van der Waals surface area contributed by atoms with E-state index >= 15 is 0 Å². The molecule has 0 saturated heterocycles. The first kappa shape index (κ1) is 22.4. The Morgan fingerprint density at radius 1 is 1.09 bits per heavy atom. The molecule has 0 aromatic rings. The van der Waals surface area contributed by atoms with Crippen LogP contribution >= 0.6 is 0 Å². The molecular weight excluding hydrogens is 300 g/mol. The third-order valence-corrected chi connectivity index (χ3v) is 11.5. The van der Waals surface area contributed by atoms with E-state index in [9.17, 15) is 5.11 Å². The van der Waals surface area contributed by atoms with E-state index in [-0.39, 0.29) is 18.6 Å². The highest BCUT2D eigenvalue weighted by Crippen LogP contribution is 2.40. The molecule has 0 bridgehead atoms. The Morgan fingerprint density at radius 3 is 1.87 bits per heavy atom. The van der Waals surface area contributed by atoms with Gasteiger partial charge in [0.15, 0.2) is 0 Å². The average Bonchev–Trinajstić information content (AvgIpc) is 2.48. The van der Waals surface area contributed by atoms with Crippen LogP contribution in [0.1, 0.15) is 61.8 Å². The summed E-state index contributed by atoms with van der Waals surface area (Å²) in [6, 6.07) is 0. The van der Waals surface area contributed by atoms with Crippen LogP contribution in [0.3, 0.4) is 0 Å². The van der Waals surface area contributed by atoms with E-state index in [4.69, 9.17) is 4.74 Å². The topological polar surface area (TPSA) is 29.5 Å². The van der Waals surface area contributed by atoms with Gasteiger partial charge in [0, 0.05) is 13.0 Å². The lowest BCUT2D eigenvalue weighted by Gasteiger charge is -2.38. The summed E-state index contributed by atoms with van der Waals surface area (Å²) in [7, 11) is 0.0188. The second kappa shape index (κ2) is 10.3. The first-order valence-corrected chi connectivity index (χ1v) is 11.2. The van der Waals surface area contributed by atoms with Gasteiger partial charge < -0.3 is 9.84 Å². The molecule has 0 heterocycles. The number of hydrogen-bond donors (Lipinski definition) is 1. The molecule has 0 aliphatic carbocycles. The zero-order valence-electron chi connectivity index (χ0n) is 16.7. The van der Waals surface area contributed by atoms with Crippen molar-refractivity contribution >= 4 is 8.07 Å². The van der Waals surface area contributed by atoms with Gasteiger partial charge in [0.25, 0.3) is 0 Å². The van der Waals surface area contributed by atoms with E-state index in [1.165, 1.54) is 0 Å². The van der Waals surface area contributed by atoms with Gasteiger partial charge in [-0.2, -0.15) is 0 Å². The maximum Gasteiger partial charge on any atom is 0.146 e. The summed E-state index contributed by atoms with van der Waals surface area (Å²) in [6.45, 7) is 18.2. The summed E-state index contributed by atoms with van der Waals surface area (Å²) < 4.78 is 5.71. The Hall–Kier alpha value is -0.563. The molecule has 0 radical (unpaired) electrons. The molecule has 0 rings (SSSR count). The molecule has 1 N–H and O–H groups in total. The fraction of sp³-hybridized carbons (Fsp3) is 0.800. The van der Waals surface area contributed by atoms with Crippen LogP contribution < -0.4 is 0 Å². The molecule has 2 nitrogen and oxygen atoms in total. The zero-order valence-corrected chi connectivity index (χ0v) is 17.7. The van der Waals surface area contributed by atoms with Gasteiger partial charge in [0.2, 0.25) is 0 Å². The predicted molar refractivity (Wildman–Crippen MR) is 104 cm³/mol. The fourth-order valence-electron chi connectivity index (χ4n) is 3.81. The average molecular weight is 339 g/mol. The van der Waals surface area contributed by atoms with Crippen molar-refractivity contribution in [2.75, 3.05) is 13.7 Å². The van der Waals surface area contributed by atoms with Crippen LogP contribution in [0.15, 0.2) is 11.6 Å². The van der Waals surface area contributed by atoms with Gasteiger partial charge in [0.05, 0.1) is 6.61 Å². The predicted octanol–water partition coefficient (Wildman–Crippen LogP) is 5.19. The molecule has 0 fully saturated rings. The van der Waals surface area contributed by atoms with Gasteiger partial charge >= 0.3 is 0 Å². The van der Waals surface area contributed by atoms with Crippen LogP contribution in [0.4, 0.5) is 0 Å². The molecule has 0 saturated carbocycles. The number of methoxy groups -OCH3 is 1. The summed E-state index contributed by atoms with van der Waals surface area (Å²) in [5.41, 5.74) is 6.63. The van der Waals surface area contributed by atoms with Gasteiger partial charge in [-0.05, 0) is 30.0 Å². The molecule has 134 valence electrons. The molecule has 23 heavy (non-hydrogen) atoms. The molecule has 0 aromatic carbocycles. The third-order valence-electron chi connectivity index (χ3n) is 5.16. The van der Waals surface area contributed by atoms with Crippen molar-refractivity contribution in [3.05, 3.63) is 11.6 Å². The van der Waals surface area contributed by atoms with E-state index in [1.54, 1.807) is 7.11 Å². The van der Waals surface area contributed by atoms with Crippen LogP contribution in [0.5, 0.6) is 0 Å². The van der Waals surface area contributed by atoms with Crippen molar-refractivity contribution < 1.29 is 9.84 Å². The van der Waals surface area contributed by atoms with Crippen LogP contribution in [0, 0.1) is 17.4 Å². The minimum absolute atomic E-state index is 0.0929. The van der Waals surface area contributed by atoms with E-state index in [2.05, 4.69) is 66.0 Å². The highest BCUT2D eigenvalue weighted by molar-refractivity contribution is 6.90. The molecule has 0 amide bonds. The van der Waals surface area contributed by atoms with E-state index in [1.807, 2.05) is 6.92 Å². The Labute approximate surface area is 145 Å². The SMILES string of the molecule is CC[C@H](C=C(C)CO)[C@@H](C#C[Si](C(C)C)(C(C)C)C(C)C)OC. The quantitative estimate of drug-likeness (QED) is 0.375. The Morgan fingerprint density at radius 2 is 1.57 bits per heavy atom. The number of hydrogen-bond acceptors (Lipinski definition) is 2. The summed E-state index contributed by atoms with van der Waals surface area (Å²) in [5, 5.41) is 9.27. The maximum atomic E-state index is 9.27. The summed E-state index contributed by atoms with van der Waals surface area (Å²) >= 11 is 0. The highest BCUT2D eigenvalue weighted by Gasteiger charge is 2.41. The standard InChI is InChI=1S/C20H38O2Si/c1-10-19(13-18(8)14-21)20(22-9)11-12-23(15(2)3,16(4)5)17(6)7/h13,15-17,19-21H,10,14H2,1-9H3/t19-,20-/m1/s1. The van der Waals surface area contributed by atoms with Crippen molar-refractivity contribution in [3.8, 4) is 11.5 Å². The van der Waals surface area contributed by atoms with Crippen LogP contribution in [0.2, 0.25) is 16.6 Å². The second-order valence-electron chi connectivity index (χ2n) is 7.57. The molecule has 0 aliphatic rings. The lowest BCUT2D eigenvalue weighted by atomic mass is 9.97.